The minimum Gasteiger partial charge on any atom is -0.493 e. The van der Waals surface area contributed by atoms with E-state index in [9.17, 15) is 4.79 Å². The van der Waals surface area contributed by atoms with Gasteiger partial charge < -0.3 is 23.8 Å². The van der Waals surface area contributed by atoms with Crippen molar-refractivity contribution in [2.24, 2.45) is 5.92 Å². The lowest BCUT2D eigenvalue weighted by Crippen LogP contribution is -2.38. The van der Waals surface area contributed by atoms with Crippen molar-refractivity contribution in [3.8, 4) is 29.6 Å². The van der Waals surface area contributed by atoms with Gasteiger partial charge in [0, 0.05) is 19.2 Å². The van der Waals surface area contributed by atoms with Crippen LogP contribution in [0.1, 0.15) is 18.4 Å². The lowest BCUT2D eigenvalue weighted by Gasteiger charge is -2.31. The molecular formula is C21H27NO5. The third-order valence-electron chi connectivity index (χ3n) is 4.57. The molecule has 0 aliphatic carbocycles. The first-order chi connectivity index (χ1) is 13.1. The lowest BCUT2D eigenvalue weighted by atomic mass is 9.98. The predicted octanol–water partition coefficient (Wildman–Crippen LogP) is 2.61. The van der Waals surface area contributed by atoms with Crippen molar-refractivity contribution < 1.29 is 23.7 Å². The number of methoxy groups -OCH3 is 3. The Morgan fingerprint density at radius 2 is 1.81 bits per heavy atom. The maximum absolute atomic E-state index is 12.5. The Bertz CT molecular complexity index is 674. The number of likely N-dealkylation sites (tertiary alicyclic amines) is 1. The van der Waals surface area contributed by atoms with Gasteiger partial charge >= 0.3 is 0 Å². The summed E-state index contributed by atoms with van der Waals surface area (Å²) in [6, 6.07) is 3.61. The van der Waals surface area contributed by atoms with E-state index in [-0.39, 0.29) is 5.91 Å². The van der Waals surface area contributed by atoms with E-state index in [2.05, 4.69) is 5.92 Å². The average Bonchev–Trinajstić information content (AvgIpc) is 2.71. The first-order valence-electron chi connectivity index (χ1n) is 8.91. The highest BCUT2D eigenvalue weighted by Crippen LogP contribution is 2.38. The van der Waals surface area contributed by atoms with Gasteiger partial charge in [0.15, 0.2) is 11.5 Å². The smallest absolute Gasteiger partial charge is 0.246 e. The van der Waals surface area contributed by atoms with Crippen molar-refractivity contribution >= 4 is 12.0 Å². The molecule has 27 heavy (non-hydrogen) atoms. The molecule has 0 spiro atoms. The molecule has 1 aromatic rings. The fraction of sp³-hybridized carbons (Fsp3) is 0.476. The Labute approximate surface area is 161 Å². The van der Waals surface area contributed by atoms with Gasteiger partial charge in [-0.1, -0.05) is 5.92 Å². The largest absolute Gasteiger partial charge is 0.493 e. The second-order valence-electron chi connectivity index (χ2n) is 6.28. The summed E-state index contributed by atoms with van der Waals surface area (Å²) in [5.41, 5.74) is 0.801. The topological polar surface area (TPSA) is 57.2 Å². The molecule has 0 bridgehead atoms. The summed E-state index contributed by atoms with van der Waals surface area (Å²) in [6.07, 6.45) is 10.4. The van der Waals surface area contributed by atoms with E-state index < -0.39 is 0 Å². The van der Waals surface area contributed by atoms with Gasteiger partial charge in [-0.3, -0.25) is 4.79 Å². The summed E-state index contributed by atoms with van der Waals surface area (Å²) in [6.45, 7) is 2.45. The van der Waals surface area contributed by atoms with Gasteiger partial charge in [-0.25, -0.2) is 0 Å². The molecule has 1 amide bonds. The highest BCUT2D eigenvalue weighted by Gasteiger charge is 2.21. The quantitative estimate of drug-likeness (QED) is 0.398. The number of rotatable bonds is 8. The van der Waals surface area contributed by atoms with Gasteiger partial charge in [-0.05, 0) is 42.5 Å². The van der Waals surface area contributed by atoms with Gasteiger partial charge in [0.1, 0.15) is 6.61 Å². The van der Waals surface area contributed by atoms with Crippen LogP contribution in [0, 0.1) is 18.3 Å². The van der Waals surface area contributed by atoms with E-state index in [1.807, 2.05) is 4.90 Å². The summed E-state index contributed by atoms with van der Waals surface area (Å²) >= 11 is 0. The number of carbonyl (C=O) groups excluding carboxylic acids is 1. The van der Waals surface area contributed by atoms with Crippen molar-refractivity contribution in [3.05, 3.63) is 23.8 Å². The Balaban J connectivity index is 1.96. The molecule has 1 aliphatic rings. The molecule has 0 atom stereocenters. The van der Waals surface area contributed by atoms with Crippen LogP contribution in [0.4, 0.5) is 0 Å². The number of amides is 1. The number of piperidine rings is 1. The number of hydrogen-bond donors (Lipinski definition) is 0. The molecule has 1 saturated heterocycles. The van der Waals surface area contributed by atoms with E-state index >= 15 is 0 Å². The number of benzene rings is 1. The Kier molecular flexibility index (Phi) is 8.02. The predicted molar refractivity (Wildman–Crippen MR) is 104 cm³/mol. The SMILES string of the molecule is C#CCOCC1CCN(C(=O)/C=C/c2cc(OC)c(OC)c(OC)c2)CC1. The van der Waals surface area contributed by atoms with Gasteiger partial charge in [0.2, 0.25) is 11.7 Å². The van der Waals surface area contributed by atoms with E-state index in [0.717, 1.165) is 31.5 Å². The van der Waals surface area contributed by atoms with Crippen LogP contribution in [0.25, 0.3) is 6.08 Å². The van der Waals surface area contributed by atoms with Crippen LogP contribution in [0.15, 0.2) is 18.2 Å². The summed E-state index contributed by atoms with van der Waals surface area (Å²) in [5, 5.41) is 0. The van der Waals surface area contributed by atoms with Crippen LogP contribution in [0.5, 0.6) is 17.2 Å². The number of nitrogens with zero attached hydrogens (tertiary/aromatic N) is 1. The van der Waals surface area contributed by atoms with Gasteiger partial charge in [0.05, 0.1) is 27.9 Å². The highest BCUT2D eigenvalue weighted by molar-refractivity contribution is 5.92. The average molecular weight is 373 g/mol. The second-order valence-corrected chi connectivity index (χ2v) is 6.28. The zero-order chi connectivity index (χ0) is 19.6. The number of hydrogen-bond acceptors (Lipinski definition) is 5. The molecule has 6 heteroatoms. The number of ether oxygens (including phenoxy) is 4. The van der Waals surface area contributed by atoms with Crippen LogP contribution >= 0.6 is 0 Å². The molecule has 146 valence electrons. The van der Waals surface area contributed by atoms with Crippen LogP contribution in [-0.4, -0.2) is 58.4 Å². The molecule has 0 unspecified atom stereocenters. The second kappa shape index (κ2) is 10.5. The lowest BCUT2D eigenvalue weighted by molar-refractivity contribution is -0.127. The summed E-state index contributed by atoms with van der Waals surface area (Å²) < 4.78 is 21.4. The molecule has 1 aromatic carbocycles. The fourth-order valence-corrected chi connectivity index (χ4v) is 3.08. The maximum Gasteiger partial charge on any atom is 0.246 e. The van der Waals surface area contributed by atoms with Gasteiger partial charge in [0.25, 0.3) is 0 Å². The Morgan fingerprint density at radius 3 is 2.33 bits per heavy atom. The summed E-state index contributed by atoms with van der Waals surface area (Å²) in [4.78, 5) is 14.3. The fourth-order valence-electron chi connectivity index (χ4n) is 3.08. The van der Waals surface area contributed by atoms with Crippen LogP contribution in [0.2, 0.25) is 0 Å². The van der Waals surface area contributed by atoms with Crippen molar-refractivity contribution in [1.82, 2.24) is 4.90 Å². The van der Waals surface area contributed by atoms with E-state index in [0.29, 0.717) is 36.4 Å². The molecule has 0 N–H and O–H groups in total. The Hall–Kier alpha value is -2.65. The summed E-state index contributed by atoms with van der Waals surface area (Å²) in [7, 11) is 4.68. The normalized spacial score (nSPS) is 14.8. The standard InChI is InChI=1S/C21H27NO5/c1-5-12-27-15-16-8-10-22(11-9-16)20(23)7-6-17-13-18(24-2)21(26-4)19(14-17)25-3/h1,6-7,13-14,16H,8-12,15H2,2-4H3/b7-6+. The van der Waals surface area contributed by atoms with Crippen molar-refractivity contribution in [2.45, 2.75) is 12.8 Å². The molecule has 6 nitrogen and oxygen atoms in total. The van der Waals surface area contributed by atoms with E-state index in [1.54, 1.807) is 45.6 Å². The minimum absolute atomic E-state index is 0.00764. The molecular weight excluding hydrogens is 346 g/mol. The first kappa shape index (κ1) is 20.7. The highest BCUT2D eigenvalue weighted by atomic mass is 16.5. The molecule has 1 aliphatic heterocycles. The first-order valence-corrected chi connectivity index (χ1v) is 8.91. The van der Waals surface area contributed by atoms with Crippen LogP contribution < -0.4 is 14.2 Å². The molecule has 2 rings (SSSR count). The van der Waals surface area contributed by atoms with Crippen LogP contribution in [-0.2, 0) is 9.53 Å². The molecule has 1 fully saturated rings. The molecule has 0 radical (unpaired) electrons. The van der Waals surface area contributed by atoms with E-state index in [1.165, 1.54) is 0 Å². The minimum atomic E-state index is -0.00764. The molecule has 0 saturated carbocycles. The van der Waals surface area contributed by atoms with Crippen LogP contribution in [0.3, 0.4) is 0 Å². The molecule has 1 heterocycles. The zero-order valence-electron chi connectivity index (χ0n) is 16.2. The van der Waals surface area contributed by atoms with Crippen molar-refractivity contribution in [1.29, 1.82) is 0 Å². The number of carbonyl (C=O) groups is 1. The Morgan fingerprint density at radius 1 is 1.19 bits per heavy atom. The maximum atomic E-state index is 12.5. The molecule has 0 aromatic heterocycles. The zero-order valence-corrected chi connectivity index (χ0v) is 16.2. The number of terminal acetylenes is 1. The van der Waals surface area contributed by atoms with E-state index in [4.69, 9.17) is 25.4 Å². The third-order valence-corrected chi connectivity index (χ3v) is 4.57. The monoisotopic (exact) mass is 373 g/mol. The third kappa shape index (κ3) is 5.66. The van der Waals surface area contributed by atoms with Crippen molar-refractivity contribution in [3.63, 3.8) is 0 Å². The summed E-state index contributed by atoms with van der Waals surface area (Å²) in [5.74, 6) is 4.55. The van der Waals surface area contributed by atoms with Crippen molar-refractivity contribution in [2.75, 3.05) is 47.6 Å². The van der Waals surface area contributed by atoms with Gasteiger partial charge in [-0.2, -0.15) is 0 Å². The van der Waals surface area contributed by atoms with Gasteiger partial charge in [-0.15, -0.1) is 6.42 Å².